The van der Waals surface area contributed by atoms with Gasteiger partial charge >= 0.3 is 0 Å². The van der Waals surface area contributed by atoms with Crippen LogP contribution in [-0.4, -0.2) is 38.1 Å². The van der Waals surface area contributed by atoms with Gasteiger partial charge in [-0.3, -0.25) is 0 Å². The van der Waals surface area contributed by atoms with E-state index in [0.717, 1.165) is 19.0 Å². The Balaban J connectivity index is 1.87. The van der Waals surface area contributed by atoms with Crippen LogP contribution in [0.3, 0.4) is 0 Å². The largest absolute Gasteiger partial charge is 0.315 e. The summed E-state index contributed by atoms with van der Waals surface area (Å²) in [7, 11) is 2.18. The van der Waals surface area contributed by atoms with Crippen molar-refractivity contribution >= 4 is 0 Å². The van der Waals surface area contributed by atoms with Crippen LogP contribution in [0.4, 0.5) is 0 Å². The lowest BCUT2D eigenvalue weighted by molar-refractivity contribution is 0.321. The fraction of sp³-hybridized carbons (Fsp3) is 1.00. The first-order chi connectivity index (χ1) is 7.33. The average molecular weight is 212 g/mol. The van der Waals surface area contributed by atoms with Gasteiger partial charge in [-0.25, -0.2) is 0 Å². The van der Waals surface area contributed by atoms with Gasteiger partial charge in [0.15, 0.2) is 0 Å². The zero-order valence-corrected chi connectivity index (χ0v) is 10.6. The van der Waals surface area contributed by atoms with Crippen LogP contribution in [-0.2, 0) is 0 Å². The van der Waals surface area contributed by atoms with Gasteiger partial charge in [0.1, 0.15) is 0 Å². The number of likely N-dealkylation sites (N-methyl/N-ethyl adjacent to an activating group) is 1. The third kappa shape index (κ3) is 6.16. The van der Waals surface area contributed by atoms with Crippen molar-refractivity contribution in [1.29, 1.82) is 0 Å². The SMILES string of the molecule is CCN(C)CCNCCC1CCCCC1. The van der Waals surface area contributed by atoms with Crippen molar-refractivity contribution in [2.45, 2.75) is 45.4 Å². The van der Waals surface area contributed by atoms with Crippen molar-refractivity contribution < 1.29 is 0 Å². The zero-order chi connectivity index (χ0) is 10.9. The second-order valence-corrected chi connectivity index (χ2v) is 4.94. The van der Waals surface area contributed by atoms with Gasteiger partial charge in [0, 0.05) is 13.1 Å². The molecule has 2 nitrogen and oxygen atoms in total. The van der Waals surface area contributed by atoms with E-state index in [4.69, 9.17) is 0 Å². The Morgan fingerprint density at radius 3 is 2.53 bits per heavy atom. The topological polar surface area (TPSA) is 15.3 Å². The highest BCUT2D eigenvalue weighted by molar-refractivity contribution is 4.67. The lowest BCUT2D eigenvalue weighted by Crippen LogP contribution is -2.30. The maximum atomic E-state index is 3.56. The molecule has 90 valence electrons. The lowest BCUT2D eigenvalue weighted by atomic mass is 9.87. The van der Waals surface area contributed by atoms with Gasteiger partial charge in [-0.15, -0.1) is 0 Å². The van der Waals surface area contributed by atoms with Crippen molar-refractivity contribution in [2.24, 2.45) is 5.92 Å². The van der Waals surface area contributed by atoms with Gasteiger partial charge in [-0.2, -0.15) is 0 Å². The molecular weight excluding hydrogens is 184 g/mol. The maximum Gasteiger partial charge on any atom is 0.0104 e. The smallest absolute Gasteiger partial charge is 0.0104 e. The normalized spacial score (nSPS) is 18.6. The molecule has 1 fully saturated rings. The minimum atomic E-state index is 1.02. The highest BCUT2D eigenvalue weighted by atomic mass is 15.1. The van der Waals surface area contributed by atoms with Crippen LogP contribution < -0.4 is 5.32 Å². The zero-order valence-electron chi connectivity index (χ0n) is 10.6. The molecule has 0 spiro atoms. The third-order valence-corrected chi connectivity index (χ3v) is 3.66. The Morgan fingerprint density at radius 2 is 1.87 bits per heavy atom. The molecule has 0 radical (unpaired) electrons. The summed E-state index contributed by atoms with van der Waals surface area (Å²) in [6, 6.07) is 0. The summed E-state index contributed by atoms with van der Waals surface area (Å²) in [5.41, 5.74) is 0. The Hall–Kier alpha value is -0.0800. The highest BCUT2D eigenvalue weighted by Crippen LogP contribution is 2.25. The summed E-state index contributed by atoms with van der Waals surface area (Å²) < 4.78 is 0. The van der Waals surface area contributed by atoms with E-state index in [2.05, 4.69) is 24.2 Å². The first-order valence-corrected chi connectivity index (χ1v) is 6.72. The minimum absolute atomic E-state index is 1.02. The Morgan fingerprint density at radius 1 is 1.13 bits per heavy atom. The molecule has 1 aliphatic rings. The van der Waals surface area contributed by atoms with Crippen molar-refractivity contribution in [3.8, 4) is 0 Å². The average Bonchev–Trinajstić information content (AvgIpc) is 2.29. The molecule has 1 saturated carbocycles. The van der Waals surface area contributed by atoms with Crippen LogP contribution in [0.25, 0.3) is 0 Å². The van der Waals surface area contributed by atoms with E-state index >= 15 is 0 Å². The quantitative estimate of drug-likeness (QED) is 0.652. The van der Waals surface area contributed by atoms with Gasteiger partial charge in [0.05, 0.1) is 0 Å². The number of rotatable bonds is 7. The third-order valence-electron chi connectivity index (χ3n) is 3.66. The monoisotopic (exact) mass is 212 g/mol. The molecule has 0 amide bonds. The highest BCUT2D eigenvalue weighted by Gasteiger charge is 2.12. The van der Waals surface area contributed by atoms with Gasteiger partial charge < -0.3 is 10.2 Å². The molecule has 0 aromatic heterocycles. The number of hydrogen-bond acceptors (Lipinski definition) is 2. The van der Waals surface area contributed by atoms with Crippen LogP contribution in [0.2, 0.25) is 0 Å². The minimum Gasteiger partial charge on any atom is -0.315 e. The molecule has 0 aliphatic heterocycles. The van der Waals surface area contributed by atoms with Gasteiger partial charge in [-0.1, -0.05) is 39.0 Å². The van der Waals surface area contributed by atoms with E-state index in [-0.39, 0.29) is 0 Å². The van der Waals surface area contributed by atoms with Crippen molar-refractivity contribution in [3.63, 3.8) is 0 Å². The van der Waals surface area contributed by atoms with E-state index in [1.807, 2.05) is 0 Å². The first-order valence-electron chi connectivity index (χ1n) is 6.72. The molecule has 15 heavy (non-hydrogen) atoms. The summed E-state index contributed by atoms with van der Waals surface area (Å²) in [6.45, 7) is 6.92. The molecule has 2 heteroatoms. The molecule has 1 rings (SSSR count). The molecule has 0 aromatic rings. The summed E-state index contributed by atoms with van der Waals surface area (Å²) in [5, 5.41) is 3.56. The number of hydrogen-bond donors (Lipinski definition) is 1. The predicted octanol–water partition coefficient (Wildman–Crippen LogP) is 2.50. The fourth-order valence-electron chi connectivity index (χ4n) is 2.34. The summed E-state index contributed by atoms with van der Waals surface area (Å²) >= 11 is 0. The van der Waals surface area contributed by atoms with Crippen LogP contribution in [0.1, 0.15) is 45.4 Å². The maximum absolute atomic E-state index is 3.56. The van der Waals surface area contributed by atoms with Crippen molar-refractivity contribution in [2.75, 3.05) is 33.2 Å². The molecule has 0 unspecified atom stereocenters. The molecule has 1 N–H and O–H groups in total. The molecule has 1 aliphatic carbocycles. The second-order valence-electron chi connectivity index (χ2n) is 4.94. The Kier molecular flexibility index (Phi) is 7.03. The van der Waals surface area contributed by atoms with E-state index in [0.29, 0.717) is 0 Å². The van der Waals surface area contributed by atoms with Gasteiger partial charge in [0.2, 0.25) is 0 Å². The number of nitrogens with one attached hydrogen (secondary N) is 1. The van der Waals surface area contributed by atoms with Crippen LogP contribution in [0, 0.1) is 5.92 Å². The number of nitrogens with zero attached hydrogens (tertiary/aromatic N) is 1. The van der Waals surface area contributed by atoms with E-state index < -0.39 is 0 Å². The van der Waals surface area contributed by atoms with Crippen molar-refractivity contribution in [1.82, 2.24) is 10.2 Å². The first kappa shape index (κ1) is 13.0. The fourth-order valence-corrected chi connectivity index (χ4v) is 2.34. The summed E-state index contributed by atoms with van der Waals surface area (Å²) in [6.07, 6.45) is 8.79. The molecule has 0 atom stereocenters. The van der Waals surface area contributed by atoms with Crippen LogP contribution in [0.5, 0.6) is 0 Å². The predicted molar refractivity (Wildman–Crippen MR) is 67.2 cm³/mol. The standard InChI is InChI=1S/C13H28N2/c1-3-15(2)12-11-14-10-9-13-7-5-4-6-8-13/h13-14H,3-12H2,1-2H3. The van der Waals surface area contributed by atoms with Crippen molar-refractivity contribution in [3.05, 3.63) is 0 Å². The molecule has 0 saturated heterocycles. The summed E-state index contributed by atoms with van der Waals surface area (Å²) in [4.78, 5) is 2.35. The second kappa shape index (κ2) is 8.12. The lowest BCUT2D eigenvalue weighted by Gasteiger charge is -2.21. The van der Waals surface area contributed by atoms with E-state index in [1.54, 1.807) is 0 Å². The Labute approximate surface area is 95.4 Å². The van der Waals surface area contributed by atoms with Crippen LogP contribution >= 0.6 is 0 Å². The molecule has 0 aromatic carbocycles. The van der Waals surface area contributed by atoms with Gasteiger partial charge in [-0.05, 0) is 32.5 Å². The van der Waals surface area contributed by atoms with E-state index in [1.165, 1.54) is 51.6 Å². The van der Waals surface area contributed by atoms with Gasteiger partial charge in [0.25, 0.3) is 0 Å². The molecule has 0 heterocycles. The van der Waals surface area contributed by atoms with E-state index in [9.17, 15) is 0 Å². The Bertz CT molecular complexity index is 141. The molecule has 0 bridgehead atoms. The summed E-state index contributed by atoms with van der Waals surface area (Å²) in [5.74, 6) is 1.02. The van der Waals surface area contributed by atoms with Crippen LogP contribution in [0.15, 0.2) is 0 Å². The molecular formula is C13H28N2.